The summed E-state index contributed by atoms with van der Waals surface area (Å²) in [5.74, 6) is -0.371. The summed E-state index contributed by atoms with van der Waals surface area (Å²) >= 11 is 0. The van der Waals surface area contributed by atoms with Crippen LogP contribution in [0.25, 0.3) is 0 Å². The molecule has 0 heterocycles. The number of aromatic hydroxyl groups is 1. The molecule has 0 fully saturated rings. The highest BCUT2D eigenvalue weighted by Gasteiger charge is 2.07. The molecule has 0 spiro atoms. The molecule has 0 aliphatic carbocycles. The zero-order valence-electron chi connectivity index (χ0n) is 11.0. The SMILES string of the molecule is O=C(O)COc1ccc(O)cc1CCc1ccccc1. The number of hydrogen-bond acceptors (Lipinski definition) is 3. The normalized spacial score (nSPS) is 10.2. The molecule has 0 saturated heterocycles. The van der Waals surface area contributed by atoms with Gasteiger partial charge in [-0.05, 0) is 42.2 Å². The van der Waals surface area contributed by atoms with Crippen LogP contribution in [0.5, 0.6) is 11.5 Å². The summed E-state index contributed by atoms with van der Waals surface area (Å²) < 4.78 is 5.23. The highest BCUT2D eigenvalue weighted by Crippen LogP contribution is 2.25. The van der Waals surface area contributed by atoms with Crippen molar-refractivity contribution in [1.29, 1.82) is 0 Å². The molecule has 0 aliphatic heterocycles. The van der Waals surface area contributed by atoms with Gasteiger partial charge in [0, 0.05) is 0 Å². The number of phenols is 1. The molecule has 0 radical (unpaired) electrons. The Morgan fingerprint density at radius 1 is 1.05 bits per heavy atom. The third-order valence-electron chi connectivity index (χ3n) is 2.92. The van der Waals surface area contributed by atoms with Crippen molar-refractivity contribution in [3.8, 4) is 11.5 Å². The van der Waals surface area contributed by atoms with Crippen LogP contribution in [0.3, 0.4) is 0 Å². The Kier molecular flexibility index (Phi) is 4.60. The van der Waals surface area contributed by atoms with Crippen molar-refractivity contribution in [2.75, 3.05) is 6.61 Å². The lowest BCUT2D eigenvalue weighted by Gasteiger charge is -2.10. The molecule has 4 heteroatoms. The average molecular weight is 272 g/mol. The molecule has 4 nitrogen and oxygen atoms in total. The third-order valence-corrected chi connectivity index (χ3v) is 2.92. The van der Waals surface area contributed by atoms with Crippen LogP contribution in [0, 0.1) is 0 Å². The van der Waals surface area contributed by atoms with Gasteiger partial charge in [0.2, 0.25) is 0 Å². The Balaban J connectivity index is 2.08. The van der Waals surface area contributed by atoms with Crippen LogP contribution in [-0.2, 0) is 17.6 Å². The number of rotatable bonds is 6. The molecule has 0 atom stereocenters. The number of phenolic OH excluding ortho intramolecular Hbond substituents is 1. The first-order valence-corrected chi connectivity index (χ1v) is 6.35. The van der Waals surface area contributed by atoms with E-state index >= 15 is 0 Å². The van der Waals surface area contributed by atoms with E-state index in [1.165, 1.54) is 11.6 Å². The highest BCUT2D eigenvalue weighted by atomic mass is 16.5. The Morgan fingerprint density at radius 3 is 2.50 bits per heavy atom. The first-order chi connectivity index (χ1) is 9.65. The van der Waals surface area contributed by atoms with E-state index in [1.807, 2.05) is 30.3 Å². The van der Waals surface area contributed by atoms with E-state index in [1.54, 1.807) is 12.1 Å². The van der Waals surface area contributed by atoms with Crippen LogP contribution >= 0.6 is 0 Å². The summed E-state index contributed by atoms with van der Waals surface area (Å²) in [4.78, 5) is 10.6. The van der Waals surface area contributed by atoms with E-state index in [0.29, 0.717) is 12.2 Å². The maximum absolute atomic E-state index is 10.6. The maximum atomic E-state index is 10.6. The summed E-state index contributed by atoms with van der Waals surface area (Å²) in [6.07, 6.45) is 1.47. The fraction of sp³-hybridized carbons (Fsp3) is 0.188. The number of carbonyl (C=O) groups is 1. The zero-order chi connectivity index (χ0) is 14.4. The number of carboxylic acids is 1. The van der Waals surface area contributed by atoms with E-state index in [9.17, 15) is 9.90 Å². The Hall–Kier alpha value is -2.49. The molecule has 2 aromatic rings. The molecule has 0 aliphatic rings. The van der Waals surface area contributed by atoms with Gasteiger partial charge in [0.25, 0.3) is 0 Å². The smallest absolute Gasteiger partial charge is 0.341 e. The highest BCUT2D eigenvalue weighted by molar-refractivity contribution is 5.68. The monoisotopic (exact) mass is 272 g/mol. The summed E-state index contributed by atoms with van der Waals surface area (Å²) in [5, 5.41) is 18.2. The number of ether oxygens (including phenoxy) is 1. The first-order valence-electron chi connectivity index (χ1n) is 6.35. The van der Waals surface area contributed by atoms with Crippen LogP contribution in [0.1, 0.15) is 11.1 Å². The van der Waals surface area contributed by atoms with Crippen LogP contribution in [0.4, 0.5) is 0 Å². The lowest BCUT2D eigenvalue weighted by atomic mass is 10.0. The van der Waals surface area contributed by atoms with Crippen LogP contribution < -0.4 is 4.74 Å². The molecule has 0 unspecified atom stereocenters. The minimum atomic E-state index is -1.02. The van der Waals surface area contributed by atoms with Gasteiger partial charge in [-0.3, -0.25) is 0 Å². The number of benzene rings is 2. The van der Waals surface area contributed by atoms with Crippen molar-refractivity contribution >= 4 is 5.97 Å². The van der Waals surface area contributed by atoms with E-state index in [-0.39, 0.29) is 12.4 Å². The number of hydrogen-bond donors (Lipinski definition) is 2. The van der Waals surface area contributed by atoms with Crippen molar-refractivity contribution in [2.45, 2.75) is 12.8 Å². The standard InChI is InChI=1S/C16H16O4/c17-14-8-9-15(20-11-16(18)19)13(10-14)7-6-12-4-2-1-3-5-12/h1-5,8-10,17H,6-7,11H2,(H,18,19). The Labute approximate surface area is 117 Å². The van der Waals surface area contributed by atoms with Crippen LogP contribution in [0.15, 0.2) is 48.5 Å². The molecule has 0 aromatic heterocycles. The molecule has 2 rings (SSSR count). The predicted octanol–water partition coefficient (Wildman–Crippen LogP) is 2.64. The second-order valence-electron chi connectivity index (χ2n) is 4.46. The summed E-state index contributed by atoms with van der Waals surface area (Å²) in [7, 11) is 0. The third kappa shape index (κ3) is 4.02. The van der Waals surface area contributed by atoms with Gasteiger partial charge < -0.3 is 14.9 Å². The number of carboxylic acid groups (broad SMARTS) is 1. The second-order valence-corrected chi connectivity index (χ2v) is 4.46. The molecule has 2 N–H and O–H groups in total. The molecule has 104 valence electrons. The topological polar surface area (TPSA) is 66.8 Å². The molecule has 0 saturated carbocycles. The quantitative estimate of drug-likeness (QED) is 0.848. The lowest BCUT2D eigenvalue weighted by Crippen LogP contribution is -2.10. The minimum Gasteiger partial charge on any atom is -0.508 e. The molecule has 20 heavy (non-hydrogen) atoms. The van der Waals surface area contributed by atoms with Gasteiger partial charge in [0.15, 0.2) is 6.61 Å². The summed E-state index contributed by atoms with van der Waals surface area (Å²) in [6, 6.07) is 14.7. The van der Waals surface area contributed by atoms with Gasteiger partial charge in [-0.1, -0.05) is 30.3 Å². The van der Waals surface area contributed by atoms with Gasteiger partial charge in [0.05, 0.1) is 0 Å². The van der Waals surface area contributed by atoms with Crippen molar-refractivity contribution in [1.82, 2.24) is 0 Å². The van der Waals surface area contributed by atoms with Gasteiger partial charge in [0.1, 0.15) is 11.5 Å². The molecular formula is C16H16O4. The molecule has 0 amide bonds. The fourth-order valence-electron chi connectivity index (χ4n) is 1.97. The number of aliphatic carboxylic acids is 1. The predicted molar refractivity (Wildman–Crippen MR) is 75.1 cm³/mol. The second kappa shape index (κ2) is 6.61. The first kappa shape index (κ1) is 13.9. The minimum absolute atomic E-state index is 0.149. The van der Waals surface area contributed by atoms with Crippen molar-refractivity contribution in [3.05, 3.63) is 59.7 Å². The maximum Gasteiger partial charge on any atom is 0.341 e. The van der Waals surface area contributed by atoms with Gasteiger partial charge >= 0.3 is 5.97 Å². The number of aryl methyl sites for hydroxylation is 2. The van der Waals surface area contributed by atoms with E-state index in [4.69, 9.17) is 9.84 Å². The summed E-state index contributed by atoms with van der Waals surface area (Å²) in [6.45, 7) is -0.386. The largest absolute Gasteiger partial charge is 0.508 e. The van der Waals surface area contributed by atoms with E-state index in [0.717, 1.165) is 12.0 Å². The fourth-order valence-corrected chi connectivity index (χ4v) is 1.97. The van der Waals surface area contributed by atoms with Crippen molar-refractivity contribution < 1.29 is 19.7 Å². The van der Waals surface area contributed by atoms with Crippen LogP contribution in [-0.4, -0.2) is 22.8 Å². The lowest BCUT2D eigenvalue weighted by molar-refractivity contribution is -0.139. The van der Waals surface area contributed by atoms with Crippen molar-refractivity contribution in [2.24, 2.45) is 0 Å². The van der Waals surface area contributed by atoms with E-state index in [2.05, 4.69) is 0 Å². The Bertz CT molecular complexity index is 578. The average Bonchev–Trinajstić information content (AvgIpc) is 2.45. The molecular weight excluding hydrogens is 256 g/mol. The van der Waals surface area contributed by atoms with Gasteiger partial charge in [-0.25, -0.2) is 4.79 Å². The Morgan fingerprint density at radius 2 is 1.80 bits per heavy atom. The summed E-state index contributed by atoms with van der Waals surface area (Å²) in [5.41, 5.74) is 1.98. The molecule has 2 aromatic carbocycles. The van der Waals surface area contributed by atoms with Gasteiger partial charge in [-0.2, -0.15) is 0 Å². The van der Waals surface area contributed by atoms with Crippen LogP contribution in [0.2, 0.25) is 0 Å². The van der Waals surface area contributed by atoms with Gasteiger partial charge in [-0.15, -0.1) is 0 Å². The zero-order valence-corrected chi connectivity index (χ0v) is 11.0. The van der Waals surface area contributed by atoms with E-state index < -0.39 is 5.97 Å². The van der Waals surface area contributed by atoms with Crippen molar-refractivity contribution in [3.63, 3.8) is 0 Å². The molecule has 0 bridgehead atoms.